The van der Waals surface area contributed by atoms with E-state index in [0.29, 0.717) is 11.5 Å². The van der Waals surface area contributed by atoms with Crippen LogP contribution in [0.1, 0.15) is 49.5 Å². The third kappa shape index (κ3) is 3.83. The zero-order valence-electron chi connectivity index (χ0n) is 18.5. The Morgan fingerprint density at radius 1 is 1.28 bits per heavy atom. The van der Waals surface area contributed by atoms with E-state index in [0.717, 1.165) is 32.3 Å². The van der Waals surface area contributed by atoms with E-state index < -0.39 is 0 Å². The Bertz CT molecular complexity index is 1340. The molecule has 5 rings (SSSR count). The summed E-state index contributed by atoms with van der Waals surface area (Å²) in [5, 5.41) is 9.43. The van der Waals surface area contributed by atoms with E-state index in [1.54, 1.807) is 22.2 Å². The van der Waals surface area contributed by atoms with Gasteiger partial charge in [-0.15, -0.1) is 16.4 Å². The fourth-order valence-corrected chi connectivity index (χ4v) is 6.00. The molecule has 1 aromatic carbocycles. The van der Waals surface area contributed by atoms with Crippen LogP contribution < -0.4 is 10.8 Å². The van der Waals surface area contributed by atoms with Gasteiger partial charge < -0.3 is 5.32 Å². The highest BCUT2D eigenvalue weighted by molar-refractivity contribution is 9.10. The van der Waals surface area contributed by atoms with Crippen molar-refractivity contribution in [2.24, 2.45) is 0 Å². The average Bonchev–Trinajstić information content (AvgIpc) is 3.28. The first kappa shape index (κ1) is 21.5. The predicted octanol–water partition coefficient (Wildman–Crippen LogP) is 4.95. The Labute approximate surface area is 199 Å². The zero-order valence-corrected chi connectivity index (χ0v) is 20.9. The number of thiophene rings is 1. The molecule has 4 aromatic rings. The van der Waals surface area contributed by atoms with E-state index in [1.807, 2.05) is 24.3 Å². The van der Waals surface area contributed by atoms with E-state index in [4.69, 9.17) is 9.82 Å². The summed E-state index contributed by atoms with van der Waals surface area (Å²) in [6.45, 7) is 13.2. The summed E-state index contributed by atoms with van der Waals surface area (Å²) >= 11 is 5.17. The maximum absolute atomic E-state index is 5.64. The Hall–Kier alpha value is -2.33. The first-order chi connectivity index (χ1) is 15.1. The standard InChI is InChI=1S/C23H25BrN6OS/c1-13(14-6-8-15(24)9-7-14)28-31-11-17-26-20-18-16-10-22(2,3)29-23(4,5)19(16)32-21(18)25-12-30(20)27-17/h6-9,12,28-29H,1,10-11H2,2-5H3. The van der Waals surface area contributed by atoms with Gasteiger partial charge in [-0.25, -0.2) is 14.5 Å². The molecule has 0 saturated heterocycles. The molecule has 0 atom stereocenters. The Morgan fingerprint density at radius 2 is 2.03 bits per heavy atom. The molecule has 0 spiro atoms. The van der Waals surface area contributed by atoms with Crippen LogP contribution in [0, 0.1) is 0 Å². The van der Waals surface area contributed by atoms with Crippen molar-refractivity contribution in [1.29, 1.82) is 0 Å². The number of halogens is 1. The minimum absolute atomic E-state index is 0.0133. The van der Waals surface area contributed by atoms with Crippen LogP contribution in [0.3, 0.4) is 0 Å². The molecule has 0 bridgehead atoms. The normalized spacial score (nSPS) is 16.9. The van der Waals surface area contributed by atoms with Crippen LogP contribution in [0.2, 0.25) is 0 Å². The van der Waals surface area contributed by atoms with Gasteiger partial charge in [-0.05, 0) is 57.4 Å². The van der Waals surface area contributed by atoms with Crippen molar-refractivity contribution in [3.8, 4) is 0 Å². The Morgan fingerprint density at radius 3 is 2.78 bits per heavy atom. The quantitative estimate of drug-likeness (QED) is 0.368. The van der Waals surface area contributed by atoms with E-state index in [2.05, 4.69) is 71.1 Å². The van der Waals surface area contributed by atoms with Gasteiger partial charge in [0.15, 0.2) is 11.5 Å². The number of nitrogens with zero attached hydrogens (tertiary/aromatic N) is 4. The molecule has 32 heavy (non-hydrogen) atoms. The second-order valence-corrected chi connectivity index (χ2v) is 11.2. The van der Waals surface area contributed by atoms with Crippen molar-refractivity contribution in [3.63, 3.8) is 0 Å². The summed E-state index contributed by atoms with van der Waals surface area (Å²) in [5.41, 5.74) is 6.53. The van der Waals surface area contributed by atoms with Crippen molar-refractivity contribution in [1.82, 2.24) is 30.4 Å². The molecule has 9 heteroatoms. The van der Waals surface area contributed by atoms with Gasteiger partial charge in [0.1, 0.15) is 17.8 Å². The molecule has 4 heterocycles. The number of hydrogen-bond acceptors (Lipinski definition) is 7. The highest BCUT2D eigenvalue weighted by atomic mass is 79.9. The highest BCUT2D eigenvalue weighted by Crippen LogP contribution is 2.44. The second-order valence-electron chi connectivity index (χ2n) is 9.32. The lowest BCUT2D eigenvalue weighted by atomic mass is 9.82. The smallest absolute Gasteiger partial charge is 0.180 e. The largest absolute Gasteiger partial charge is 0.302 e. The van der Waals surface area contributed by atoms with E-state index in [1.165, 1.54) is 10.4 Å². The Balaban J connectivity index is 1.42. The monoisotopic (exact) mass is 512 g/mol. The summed E-state index contributed by atoms with van der Waals surface area (Å²) in [6.07, 6.45) is 2.65. The SMILES string of the molecule is C=C(NOCc1nc2c3c4c(sc3ncn2n1)C(C)(C)NC(C)(C)C4)c1ccc(Br)cc1. The lowest BCUT2D eigenvalue weighted by Crippen LogP contribution is -2.54. The number of hydrogen-bond donors (Lipinski definition) is 2. The number of aromatic nitrogens is 4. The van der Waals surface area contributed by atoms with Gasteiger partial charge >= 0.3 is 0 Å². The third-order valence-electron chi connectivity index (χ3n) is 5.60. The molecule has 3 aromatic heterocycles. The van der Waals surface area contributed by atoms with Crippen LogP contribution in [-0.4, -0.2) is 25.1 Å². The lowest BCUT2D eigenvalue weighted by molar-refractivity contribution is 0.0603. The summed E-state index contributed by atoms with van der Waals surface area (Å²) in [5.74, 6) is 0.586. The average molecular weight is 513 g/mol. The maximum atomic E-state index is 5.64. The Kier molecular flexibility index (Phi) is 5.12. The molecule has 1 aliphatic rings. The van der Waals surface area contributed by atoms with E-state index >= 15 is 0 Å². The number of fused-ring (bicyclic) bond motifs is 5. The van der Waals surface area contributed by atoms with Gasteiger partial charge in [-0.1, -0.05) is 34.6 Å². The molecule has 2 N–H and O–H groups in total. The van der Waals surface area contributed by atoms with Crippen LogP contribution in [0.25, 0.3) is 21.6 Å². The van der Waals surface area contributed by atoms with Gasteiger partial charge in [0.05, 0.1) is 11.1 Å². The molecule has 0 fully saturated rings. The summed E-state index contributed by atoms with van der Waals surface area (Å²) in [6, 6.07) is 7.85. The van der Waals surface area contributed by atoms with Crippen molar-refractivity contribution in [2.75, 3.05) is 0 Å². The van der Waals surface area contributed by atoms with Gasteiger partial charge in [-0.2, -0.15) is 0 Å². The number of rotatable bonds is 5. The lowest BCUT2D eigenvalue weighted by Gasteiger charge is -2.42. The van der Waals surface area contributed by atoms with Gasteiger partial charge in [-0.3, -0.25) is 10.3 Å². The first-order valence-electron chi connectivity index (χ1n) is 10.4. The molecule has 7 nitrogen and oxygen atoms in total. The molecule has 0 amide bonds. The van der Waals surface area contributed by atoms with Crippen LogP contribution in [0.5, 0.6) is 0 Å². The topological polar surface area (TPSA) is 76.4 Å². The number of hydroxylamine groups is 1. The number of nitrogens with one attached hydrogen (secondary N) is 2. The molecule has 166 valence electrons. The zero-order chi connectivity index (χ0) is 22.7. The summed E-state index contributed by atoms with van der Waals surface area (Å²) in [7, 11) is 0. The molecular formula is C23H25BrN6OS. The van der Waals surface area contributed by atoms with E-state index in [9.17, 15) is 0 Å². The van der Waals surface area contributed by atoms with Crippen LogP contribution >= 0.6 is 27.3 Å². The fourth-order valence-electron chi connectivity index (χ4n) is 4.52. The minimum Gasteiger partial charge on any atom is -0.302 e. The third-order valence-corrected chi connectivity index (χ3v) is 7.59. The molecular weight excluding hydrogens is 488 g/mol. The predicted molar refractivity (Wildman–Crippen MR) is 131 cm³/mol. The van der Waals surface area contributed by atoms with Crippen molar-refractivity contribution in [2.45, 2.75) is 51.8 Å². The number of benzene rings is 1. The van der Waals surface area contributed by atoms with E-state index in [-0.39, 0.29) is 17.7 Å². The van der Waals surface area contributed by atoms with Gasteiger partial charge in [0, 0.05) is 20.4 Å². The molecule has 0 radical (unpaired) electrons. The maximum Gasteiger partial charge on any atom is 0.180 e. The van der Waals surface area contributed by atoms with Crippen LogP contribution in [0.4, 0.5) is 0 Å². The highest BCUT2D eigenvalue weighted by Gasteiger charge is 2.39. The van der Waals surface area contributed by atoms with Crippen LogP contribution in [-0.2, 0) is 23.4 Å². The van der Waals surface area contributed by atoms with Gasteiger partial charge in [0.25, 0.3) is 0 Å². The molecule has 0 unspecified atom stereocenters. The van der Waals surface area contributed by atoms with Crippen molar-refractivity contribution < 1.29 is 4.84 Å². The minimum atomic E-state index is -0.122. The first-order valence-corrected chi connectivity index (χ1v) is 12.0. The summed E-state index contributed by atoms with van der Waals surface area (Å²) in [4.78, 5) is 17.4. The molecule has 0 aliphatic carbocycles. The van der Waals surface area contributed by atoms with Crippen LogP contribution in [0.15, 0.2) is 41.6 Å². The fraction of sp³-hybridized carbons (Fsp3) is 0.348. The second kappa shape index (κ2) is 7.62. The summed E-state index contributed by atoms with van der Waals surface area (Å²) < 4.78 is 2.77. The molecule has 0 saturated carbocycles. The van der Waals surface area contributed by atoms with Crippen molar-refractivity contribution >= 4 is 48.8 Å². The van der Waals surface area contributed by atoms with Crippen molar-refractivity contribution in [3.05, 3.63) is 63.5 Å². The molecule has 1 aliphatic heterocycles. The van der Waals surface area contributed by atoms with Gasteiger partial charge in [0.2, 0.25) is 0 Å².